The summed E-state index contributed by atoms with van der Waals surface area (Å²) in [5.74, 6) is 0. The van der Waals surface area contributed by atoms with Crippen LogP contribution in [0, 0.1) is 0 Å². The smallest absolute Gasteiger partial charge is 0.390 e. The highest BCUT2D eigenvalue weighted by molar-refractivity contribution is 7.86. The molecule has 0 aromatic carbocycles. The van der Waals surface area contributed by atoms with Crippen LogP contribution in [0.3, 0.4) is 0 Å². The summed E-state index contributed by atoms with van der Waals surface area (Å²) in [5, 5.41) is 9.55. The van der Waals surface area contributed by atoms with Crippen LogP contribution in [-0.2, 0) is 31.6 Å². The summed E-state index contributed by atoms with van der Waals surface area (Å²) in [6, 6.07) is 0. The van der Waals surface area contributed by atoms with Gasteiger partial charge in [-0.3, -0.25) is 4.52 Å². The second-order valence-electron chi connectivity index (χ2n) is 3.93. The van der Waals surface area contributed by atoms with Crippen LogP contribution in [-0.4, -0.2) is 52.3 Å². The van der Waals surface area contributed by atoms with E-state index < -0.39 is 49.5 Å². The van der Waals surface area contributed by atoms with E-state index in [1.165, 1.54) is 0 Å². The zero-order valence-corrected chi connectivity index (χ0v) is 12.8. The highest BCUT2D eigenvalue weighted by atomic mass is 31.3. The van der Waals surface area contributed by atoms with Crippen LogP contribution >= 0.6 is 23.1 Å². The van der Waals surface area contributed by atoms with E-state index in [-0.39, 0.29) is 6.10 Å². The minimum Gasteiger partial charge on any atom is -0.390 e. The van der Waals surface area contributed by atoms with Gasteiger partial charge in [-0.15, -0.1) is 0 Å². The van der Waals surface area contributed by atoms with Crippen molar-refractivity contribution in [2.75, 3.05) is 6.61 Å². The topological polar surface area (TPSA) is 169 Å². The van der Waals surface area contributed by atoms with Crippen molar-refractivity contribution < 1.29 is 51.4 Å². The van der Waals surface area contributed by atoms with Gasteiger partial charge in [0.2, 0.25) is 0 Å². The van der Waals surface area contributed by atoms with Crippen LogP contribution in [0.25, 0.3) is 0 Å². The first-order chi connectivity index (χ1) is 9.30. The van der Waals surface area contributed by atoms with E-state index in [4.69, 9.17) is 14.5 Å². The maximum absolute atomic E-state index is 11.6. The predicted molar refractivity (Wildman–Crippen MR) is 72.5 cm³/mol. The molecule has 4 N–H and O–H groups in total. The molecule has 1 rings (SSSR count). The zero-order chi connectivity index (χ0) is 16.5. The molecular formula is C6H17BO11P3-. The Bertz CT molecular complexity index is 504. The third-order valence-electron chi connectivity index (χ3n) is 2.15. The third-order valence-corrected chi connectivity index (χ3v) is 5.37. The van der Waals surface area contributed by atoms with Crippen molar-refractivity contribution in [2.24, 2.45) is 0 Å². The largest absolute Gasteiger partial charge is 0.477 e. The van der Waals surface area contributed by atoms with Crippen molar-refractivity contribution in [3.63, 3.8) is 0 Å². The molecule has 0 spiro atoms. The molecule has 1 fully saturated rings. The van der Waals surface area contributed by atoms with Gasteiger partial charge in [0.25, 0.3) is 0 Å². The van der Waals surface area contributed by atoms with Gasteiger partial charge in [0.15, 0.2) is 7.47 Å². The van der Waals surface area contributed by atoms with Gasteiger partial charge in [-0.05, 0) is 6.92 Å². The first kappa shape index (κ1) is 19.5. The molecule has 0 saturated carbocycles. The Balaban J connectivity index is 2.56. The summed E-state index contributed by atoms with van der Waals surface area (Å²) in [5.41, 5.74) is 0. The van der Waals surface area contributed by atoms with E-state index >= 15 is 0 Å². The van der Waals surface area contributed by atoms with E-state index in [9.17, 15) is 23.7 Å². The first-order valence-corrected chi connectivity index (χ1v) is 9.34. The maximum Gasteiger partial charge on any atom is 0.477 e. The molecule has 11 nitrogen and oxygen atoms in total. The normalized spacial score (nSPS) is 32.6. The number of hydrogen-bond donors (Lipinski definition) is 4. The molecule has 1 heterocycles. The molecule has 1 aliphatic heterocycles. The second-order valence-corrected chi connectivity index (χ2v) is 7.86. The molecule has 15 heteroatoms. The van der Waals surface area contributed by atoms with Gasteiger partial charge >= 0.3 is 15.6 Å². The van der Waals surface area contributed by atoms with Crippen molar-refractivity contribution in [1.82, 2.24) is 0 Å². The molecule has 21 heavy (non-hydrogen) atoms. The van der Waals surface area contributed by atoms with Crippen LogP contribution in [0.5, 0.6) is 0 Å². The van der Waals surface area contributed by atoms with E-state index in [0.717, 1.165) is 0 Å². The lowest BCUT2D eigenvalue weighted by molar-refractivity contribution is -0.0163. The number of aliphatic hydroxyl groups is 1. The van der Waals surface area contributed by atoms with Gasteiger partial charge in [-0.2, -0.15) is 0 Å². The molecule has 0 aromatic rings. The Morgan fingerprint density at radius 1 is 1.24 bits per heavy atom. The average Bonchev–Trinajstić information content (AvgIpc) is 2.48. The number of hydrogen-bond acceptors (Lipinski definition) is 8. The SMILES string of the molecule is [BH3-]P(=O)(OP(=O)(O)O)OP(=O)(O)OC[C@H]1O[C@@H](C)CC1O. The fraction of sp³-hybridized carbons (Fsp3) is 1.00. The van der Waals surface area contributed by atoms with Gasteiger partial charge < -0.3 is 29.1 Å². The highest BCUT2D eigenvalue weighted by Crippen LogP contribution is 2.66. The molecule has 126 valence electrons. The van der Waals surface area contributed by atoms with Gasteiger partial charge in [-0.25, -0.2) is 17.8 Å². The van der Waals surface area contributed by atoms with E-state index in [2.05, 4.69) is 13.1 Å². The van der Waals surface area contributed by atoms with Crippen molar-refractivity contribution in [3.8, 4) is 0 Å². The molecule has 0 aromatic heterocycles. The minimum atomic E-state index is -5.11. The van der Waals surface area contributed by atoms with E-state index in [1.807, 2.05) is 0 Å². The zero-order valence-electron chi connectivity index (χ0n) is 10.1. The molecule has 0 aliphatic carbocycles. The van der Waals surface area contributed by atoms with Crippen molar-refractivity contribution in [2.45, 2.75) is 31.7 Å². The Morgan fingerprint density at radius 2 is 1.81 bits per heavy atom. The van der Waals surface area contributed by atoms with Gasteiger partial charge in [0, 0.05) is 6.42 Å². The molecular weight excluding hydrogens is 352 g/mol. The standard InChI is InChI=1S/C6H17BO11P3/c1-4-2-5(8)6(16-4)3-15-21(13,14)18-19(7,9)17-20(10,11)12/h4-6,8H,2-3H2,1,7H3,(H,13,14)(H2,10,11,12)/q-1/t4-,5?,6+,19?/m0/s1. The summed E-state index contributed by atoms with van der Waals surface area (Å²) < 4.78 is 51.6. The molecule has 3 unspecified atom stereocenters. The molecule has 1 aliphatic rings. The van der Waals surface area contributed by atoms with Gasteiger partial charge in [-0.1, -0.05) is 0 Å². The number of phosphoric ester groups is 1. The monoisotopic (exact) mass is 369 g/mol. The second kappa shape index (κ2) is 6.90. The average molecular weight is 369 g/mol. The first-order valence-electron chi connectivity index (χ1n) is 5.21. The predicted octanol–water partition coefficient (Wildman–Crippen LogP) is -0.759. The summed E-state index contributed by atoms with van der Waals surface area (Å²) >= 11 is 0. The number of ether oxygens (including phenoxy) is 1. The third kappa shape index (κ3) is 7.50. The summed E-state index contributed by atoms with van der Waals surface area (Å²) in [4.78, 5) is 26.4. The quantitative estimate of drug-likeness (QED) is 0.329. The van der Waals surface area contributed by atoms with Crippen LogP contribution < -0.4 is 0 Å². The Hall–Kier alpha value is 0.435. The van der Waals surface area contributed by atoms with Crippen LogP contribution in [0.1, 0.15) is 13.3 Å². The minimum absolute atomic E-state index is 0.249. The van der Waals surface area contributed by atoms with Crippen molar-refractivity contribution in [3.05, 3.63) is 0 Å². The van der Waals surface area contributed by atoms with Crippen LogP contribution in [0.4, 0.5) is 0 Å². The fourth-order valence-corrected chi connectivity index (χ4v) is 3.74. The Kier molecular flexibility index (Phi) is 6.41. The van der Waals surface area contributed by atoms with Crippen LogP contribution in [0.2, 0.25) is 0 Å². The molecule has 1 saturated heterocycles. The number of rotatable bonds is 7. The van der Waals surface area contributed by atoms with Gasteiger partial charge in [0.1, 0.15) is 6.10 Å². The fourth-order valence-electron chi connectivity index (χ4n) is 1.46. The van der Waals surface area contributed by atoms with Gasteiger partial charge in [0.05, 0.1) is 26.4 Å². The van der Waals surface area contributed by atoms with E-state index in [0.29, 0.717) is 6.42 Å². The maximum atomic E-state index is 11.6. The molecule has 5 atom stereocenters. The lowest BCUT2D eigenvalue weighted by Crippen LogP contribution is -2.26. The van der Waals surface area contributed by atoms with Crippen LogP contribution in [0.15, 0.2) is 0 Å². The lowest BCUT2D eigenvalue weighted by atomic mass is 10.1. The molecule has 0 radical (unpaired) electrons. The molecule has 0 bridgehead atoms. The Labute approximate surface area is 121 Å². The lowest BCUT2D eigenvalue weighted by Gasteiger charge is -2.23. The van der Waals surface area contributed by atoms with E-state index in [1.54, 1.807) is 6.92 Å². The summed E-state index contributed by atoms with van der Waals surface area (Å²) in [6.45, 7) is 1.19. The summed E-state index contributed by atoms with van der Waals surface area (Å²) in [6.07, 6.45) is -1.66. The number of phosphoric acid groups is 2. The molecule has 0 amide bonds. The number of aliphatic hydroxyl groups excluding tert-OH is 1. The highest BCUT2D eigenvalue weighted by Gasteiger charge is 2.37. The Morgan fingerprint density at radius 3 is 2.24 bits per heavy atom. The van der Waals surface area contributed by atoms with Crippen molar-refractivity contribution in [1.29, 1.82) is 0 Å². The van der Waals surface area contributed by atoms with Crippen molar-refractivity contribution >= 4 is 30.7 Å². The summed E-state index contributed by atoms with van der Waals surface area (Å²) in [7, 11) is -15.7.